The Morgan fingerprint density at radius 2 is 1.88 bits per heavy atom. The van der Waals surface area contributed by atoms with Crippen LogP contribution in [-0.4, -0.2) is 65.4 Å². The molecule has 0 spiro atoms. The molecule has 4 heterocycles. The first-order valence-corrected chi connectivity index (χ1v) is 10.2. The summed E-state index contributed by atoms with van der Waals surface area (Å²) in [6.45, 7) is -0.220. The second kappa shape index (κ2) is 8.27. The molecule has 1 fully saturated rings. The Kier molecular flexibility index (Phi) is 5.12. The summed E-state index contributed by atoms with van der Waals surface area (Å²) in [5.41, 5.74) is 0.566. The van der Waals surface area contributed by atoms with Crippen LogP contribution in [0.25, 0.3) is 11.5 Å². The van der Waals surface area contributed by atoms with Crippen molar-refractivity contribution in [3.05, 3.63) is 54.0 Å². The monoisotopic (exact) mass is 460 g/mol. The topological polar surface area (TPSA) is 169 Å². The Bertz CT molecular complexity index is 1350. The molecule has 2 N–H and O–H groups in total. The Balaban J connectivity index is 1.34. The van der Waals surface area contributed by atoms with Gasteiger partial charge in [0.2, 0.25) is 17.7 Å². The van der Waals surface area contributed by atoms with Gasteiger partial charge in [-0.1, -0.05) is 11.3 Å². The molecule has 34 heavy (non-hydrogen) atoms. The minimum absolute atomic E-state index is 0.0116. The maximum absolute atomic E-state index is 13.1. The van der Waals surface area contributed by atoms with Crippen LogP contribution in [0, 0.1) is 0 Å². The van der Waals surface area contributed by atoms with E-state index >= 15 is 0 Å². The molecule has 13 nitrogen and oxygen atoms in total. The Hall–Kier alpha value is -4.81. The van der Waals surface area contributed by atoms with Crippen molar-refractivity contribution in [3.8, 4) is 11.5 Å². The number of nitrogens with zero attached hydrogens (tertiary/aromatic N) is 6. The molecule has 3 aromatic rings. The van der Waals surface area contributed by atoms with Crippen LogP contribution in [0.4, 0.5) is 5.69 Å². The summed E-state index contributed by atoms with van der Waals surface area (Å²) in [6, 6.07) is 5.02. The van der Waals surface area contributed by atoms with Crippen LogP contribution in [0.3, 0.4) is 0 Å². The van der Waals surface area contributed by atoms with Gasteiger partial charge in [0.05, 0.1) is 23.0 Å². The molecule has 0 bridgehead atoms. The molecule has 170 valence electrons. The number of benzene rings is 1. The summed E-state index contributed by atoms with van der Waals surface area (Å²) in [6.07, 6.45) is 4.67. The molecular weight excluding hydrogens is 444 g/mol. The zero-order valence-electron chi connectivity index (χ0n) is 17.5. The van der Waals surface area contributed by atoms with E-state index < -0.39 is 35.6 Å². The molecule has 1 atom stereocenters. The normalized spacial score (nSPS) is 17.5. The van der Waals surface area contributed by atoms with Gasteiger partial charge in [0.1, 0.15) is 18.3 Å². The zero-order chi connectivity index (χ0) is 23.8. The molecule has 1 saturated heterocycles. The zero-order valence-corrected chi connectivity index (χ0v) is 17.5. The third-order valence-electron chi connectivity index (χ3n) is 5.38. The molecule has 1 aromatic carbocycles. The van der Waals surface area contributed by atoms with Gasteiger partial charge in [-0.3, -0.25) is 34.2 Å². The third kappa shape index (κ3) is 3.68. The highest BCUT2D eigenvalue weighted by Gasteiger charge is 2.45. The van der Waals surface area contributed by atoms with Crippen molar-refractivity contribution in [1.82, 2.24) is 35.2 Å². The van der Waals surface area contributed by atoms with E-state index in [0.29, 0.717) is 11.5 Å². The molecule has 0 radical (unpaired) electrons. The first-order chi connectivity index (χ1) is 16.4. The van der Waals surface area contributed by atoms with Crippen molar-refractivity contribution < 1.29 is 24.0 Å². The van der Waals surface area contributed by atoms with E-state index in [1.807, 2.05) is 0 Å². The van der Waals surface area contributed by atoms with E-state index in [-0.39, 0.29) is 36.2 Å². The van der Waals surface area contributed by atoms with Crippen LogP contribution in [0.2, 0.25) is 0 Å². The predicted molar refractivity (Wildman–Crippen MR) is 113 cm³/mol. The second-order valence-electron chi connectivity index (χ2n) is 7.60. The average molecular weight is 460 g/mol. The van der Waals surface area contributed by atoms with Gasteiger partial charge in [-0.15, -0.1) is 5.10 Å². The quantitative estimate of drug-likeness (QED) is 0.489. The smallest absolute Gasteiger partial charge is 0.264 e. The summed E-state index contributed by atoms with van der Waals surface area (Å²) in [5, 5.41) is 12.6. The number of anilines is 1. The highest BCUT2D eigenvalue weighted by molar-refractivity contribution is 6.26. The fourth-order valence-electron chi connectivity index (χ4n) is 3.87. The Labute approximate surface area is 191 Å². The van der Waals surface area contributed by atoms with E-state index in [9.17, 15) is 24.0 Å². The highest BCUT2D eigenvalue weighted by atomic mass is 16.2. The molecule has 5 amide bonds. The van der Waals surface area contributed by atoms with Crippen molar-refractivity contribution >= 4 is 35.2 Å². The number of hydrogen-bond acceptors (Lipinski definition) is 9. The minimum Gasteiger partial charge on any atom is -0.324 e. The summed E-state index contributed by atoms with van der Waals surface area (Å²) in [7, 11) is 0. The number of imide groups is 2. The van der Waals surface area contributed by atoms with Crippen LogP contribution in [0.1, 0.15) is 33.6 Å². The number of carbonyl (C=O) groups is 5. The summed E-state index contributed by atoms with van der Waals surface area (Å²) < 4.78 is 1.28. The van der Waals surface area contributed by atoms with Crippen molar-refractivity contribution in [2.24, 2.45) is 0 Å². The maximum Gasteiger partial charge on any atom is 0.264 e. The molecule has 0 aliphatic carbocycles. The molecule has 2 aliphatic heterocycles. The Morgan fingerprint density at radius 1 is 1.09 bits per heavy atom. The molecule has 1 unspecified atom stereocenters. The predicted octanol–water partition coefficient (Wildman–Crippen LogP) is -0.225. The lowest BCUT2D eigenvalue weighted by molar-refractivity contribution is -0.136. The summed E-state index contributed by atoms with van der Waals surface area (Å²) in [4.78, 5) is 71.3. The molecule has 2 aromatic heterocycles. The minimum atomic E-state index is -1.09. The standard InChI is InChI=1S/C21H16N8O5/c30-15-6-5-14(19(32)25-15)29-20(33)11-3-1-4-12(17(11)21(29)34)24-16(31)10-28-9-13(26-27-28)18-22-7-2-8-23-18/h1-4,7-9,14H,5-6,10H2,(H,24,31)(H,25,30,32). The molecule has 5 rings (SSSR count). The largest absolute Gasteiger partial charge is 0.324 e. The van der Waals surface area contributed by atoms with Gasteiger partial charge < -0.3 is 5.32 Å². The van der Waals surface area contributed by atoms with Gasteiger partial charge in [0, 0.05) is 18.8 Å². The highest BCUT2D eigenvalue weighted by Crippen LogP contribution is 2.32. The SMILES string of the molecule is O=C1CCC(N2C(=O)c3cccc(NC(=O)Cn4cc(-c5ncccn5)nn4)c3C2=O)C(=O)N1. The second-order valence-corrected chi connectivity index (χ2v) is 7.60. The van der Waals surface area contributed by atoms with Gasteiger partial charge in [0.25, 0.3) is 11.8 Å². The van der Waals surface area contributed by atoms with Gasteiger partial charge in [-0.25, -0.2) is 14.6 Å². The lowest BCUT2D eigenvalue weighted by Gasteiger charge is -2.27. The van der Waals surface area contributed by atoms with Crippen LogP contribution >= 0.6 is 0 Å². The molecular formula is C21H16N8O5. The first-order valence-electron chi connectivity index (χ1n) is 10.2. The van der Waals surface area contributed by atoms with Crippen LogP contribution in [-0.2, 0) is 20.9 Å². The third-order valence-corrected chi connectivity index (χ3v) is 5.38. The molecule has 13 heteroatoms. The van der Waals surface area contributed by atoms with Gasteiger partial charge in [-0.2, -0.15) is 0 Å². The number of piperidine rings is 1. The fraction of sp³-hybridized carbons (Fsp3) is 0.190. The van der Waals surface area contributed by atoms with Crippen molar-refractivity contribution in [2.45, 2.75) is 25.4 Å². The Morgan fingerprint density at radius 3 is 2.65 bits per heavy atom. The molecule has 0 saturated carbocycles. The van der Waals surface area contributed by atoms with Crippen LogP contribution < -0.4 is 10.6 Å². The molecule has 2 aliphatic rings. The van der Waals surface area contributed by atoms with Gasteiger partial charge in [0.15, 0.2) is 5.82 Å². The van der Waals surface area contributed by atoms with E-state index in [1.54, 1.807) is 18.5 Å². The van der Waals surface area contributed by atoms with E-state index in [1.165, 1.54) is 29.1 Å². The number of carbonyl (C=O) groups excluding carboxylic acids is 5. The van der Waals surface area contributed by atoms with Crippen molar-refractivity contribution in [3.63, 3.8) is 0 Å². The van der Waals surface area contributed by atoms with E-state index in [4.69, 9.17) is 0 Å². The van der Waals surface area contributed by atoms with Crippen molar-refractivity contribution in [1.29, 1.82) is 0 Å². The average Bonchev–Trinajstić information content (AvgIpc) is 3.38. The number of nitrogens with one attached hydrogen (secondary N) is 2. The maximum atomic E-state index is 13.1. The lowest BCUT2D eigenvalue weighted by atomic mass is 10.0. The van der Waals surface area contributed by atoms with Crippen LogP contribution in [0.5, 0.6) is 0 Å². The fourth-order valence-corrected chi connectivity index (χ4v) is 3.87. The number of amides is 5. The van der Waals surface area contributed by atoms with Gasteiger partial charge >= 0.3 is 0 Å². The van der Waals surface area contributed by atoms with Crippen molar-refractivity contribution in [2.75, 3.05) is 5.32 Å². The number of fused-ring (bicyclic) bond motifs is 1. The van der Waals surface area contributed by atoms with E-state index in [0.717, 1.165) is 4.90 Å². The number of aromatic nitrogens is 5. The van der Waals surface area contributed by atoms with Crippen LogP contribution in [0.15, 0.2) is 42.9 Å². The number of rotatable bonds is 5. The summed E-state index contributed by atoms with van der Waals surface area (Å²) >= 11 is 0. The number of hydrogen-bond donors (Lipinski definition) is 2. The summed E-state index contributed by atoms with van der Waals surface area (Å²) in [5.74, 6) is -2.70. The van der Waals surface area contributed by atoms with E-state index in [2.05, 4.69) is 30.9 Å². The van der Waals surface area contributed by atoms with Gasteiger partial charge in [-0.05, 0) is 24.6 Å². The lowest BCUT2D eigenvalue weighted by Crippen LogP contribution is -2.54. The first kappa shape index (κ1) is 21.1.